The van der Waals surface area contributed by atoms with Crippen molar-refractivity contribution in [2.75, 3.05) is 26.7 Å². The summed E-state index contributed by atoms with van der Waals surface area (Å²) in [5, 5.41) is 0. The third-order valence-corrected chi connectivity index (χ3v) is 7.65. The standard InChI is InChI=1S/C17H27NO/c1-18-7-5-17(6-8-18)14-13(10-19-17)9-15-3-2-4-16(14,11-15)12-15/h13-14H,2-12H2,1H3. The second kappa shape index (κ2) is 3.39. The molecule has 2 heterocycles. The number of ether oxygens (including phenoxy) is 1. The second-order valence-electron chi connectivity index (χ2n) is 8.69. The van der Waals surface area contributed by atoms with Gasteiger partial charge in [0.15, 0.2) is 0 Å². The first-order valence-corrected chi connectivity index (χ1v) is 8.48. The van der Waals surface area contributed by atoms with Gasteiger partial charge in [-0.2, -0.15) is 0 Å². The zero-order valence-corrected chi connectivity index (χ0v) is 12.3. The molecule has 106 valence electrons. The van der Waals surface area contributed by atoms with E-state index in [9.17, 15) is 0 Å². The average molecular weight is 261 g/mol. The minimum Gasteiger partial charge on any atom is -0.374 e. The highest BCUT2D eigenvalue weighted by atomic mass is 16.5. The zero-order chi connectivity index (χ0) is 12.7. The van der Waals surface area contributed by atoms with E-state index in [1.165, 1.54) is 51.6 Å². The smallest absolute Gasteiger partial charge is 0.0743 e. The summed E-state index contributed by atoms with van der Waals surface area (Å²) < 4.78 is 6.55. The van der Waals surface area contributed by atoms with Crippen LogP contribution in [0.15, 0.2) is 0 Å². The van der Waals surface area contributed by atoms with Crippen LogP contribution in [0.3, 0.4) is 0 Å². The van der Waals surface area contributed by atoms with Crippen molar-refractivity contribution in [1.29, 1.82) is 0 Å². The average Bonchev–Trinajstić information content (AvgIpc) is 2.73. The summed E-state index contributed by atoms with van der Waals surface area (Å²) in [7, 11) is 2.27. The van der Waals surface area contributed by atoms with Gasteiger partial charge >= 0.3 is 0 Å². The number of nitrogens with zero attached hydrogens (tertiary/aromatic N) is 1. The van der Waals surface area contributed by atoms with Crippen LogP contribution < -0.4 is 0 Å². The SMILES string of the molecule is CN1CCC2(CC1)OCC1CC34CCCC(C3)(C4)C12. The van der Waals surface area contributed by atoms with Crippen LogP contribution in [0.2, 0.25) is 0 Å². The van der Waals surface area contributed by atoms with E-state index < -0.39 is 0 Å². The highest BCUT2D eigenvalue weighted by molar-refractivity contribution is 5.21. The molecule has 7 aliphatic rings. The summed E-state index contributed by atoms with van der Waals surface area (Å²) in [6.07, 6.45) is 11.8. The topological polar surface area (TPSA) is 12.5 Å². The first-order chi connectivity index (χ1) is 9.16. The summed E-state index contributed by atoms with van der Waals surface area (Å²) in [5.74, 6) is 1.85. The van der Waals surface area contributed by atoms with Crippen LogP contribution in [-0.2, 0) is 4.74 Å². The van der Waals surface area contributed by atoms with Crippen LogP contribution >= 0.6 is 0 Å². The van der Waals surface area contributed by atoms with Gasteiger partial charge in [0.1, 0.15) is 0 Å². The predicted octanol–water partition coefficient (Wildman–Crippen LogP) is 3.07. The molecular weight excluding hydrogens is 234 g/mol. The highest BCUT2D eigenvalue weighted by Gasteiger charge is 2.72. The van der Waals surface area contributed by atoms with Gasteiger partial charge in [0.05, 0.1) is 12.2 Å². The van der Waals surface area contributed by atoms with Crippen LogP contribution in [-0.4, -0.2) is 37.2 Å². The van der Waals surface area contributed by atoms with Gasteiger partial charge in [-0.1, -0.05) is 6.42 Å². The van der Waals surface area contributed by atoms with E-state index in [0.29, 0.717) is 5.60 Å². The zero-order valence-electron chi connectivity index (χ0n) is 12.3. The van der Waals surface area contributed by atoms with Crippen molar-refractivity contribution in [3.63, 3.8) is 0 Å². The van der Waals surface area contributed by atoms with E-state index in [1.807, 2.05) is 0 Å². The summed E-state index contributed by atoms with van der Waals surface area (Å²) in [5.41, 5.74) is 1.81. The van der Waals surface area contributed by atoms with Crippen molar-refractivity contribution in [2.24, 2.45) is 22.7 Å². The molecular formula is C17H27NO. The molecule has 2 bridgehead atoms. The molecule has 7 rings (SSSR count). The Bertz CT molecular complexity index is 403. The molecule has 0 amide bonds. The van der Waals surface area contributed by atoms with E-state index in [0.717, 1.165) is 29.3 Å². The van der Waals surface area contributed by atoms with Crippen molar-refractivity contribution in [1.82, 2.24) is 4.90 Å². The lowest BCUT2D eigenvalue weighted by molar-refractivity contribution is -0.223. The minimum atomic E-state index is 0.293. The Hall–Kier alpha value is -0.0800. The maximum Gasteiger partial charge on any atom is 0.0743 e. The Morgan fingerprint density at radius 1 is 1.05 bits per heavy atom. The summed E-state index contributed by atoms with van der Waals surface area (Å²) in [6.45, 7) is 3.60. The van der Waals surface area contributed by atoms with Crippen molar-refractivity contribution < 1.29 is 4.74 Å². The first-order valence-electron chi connectivity index (χ1n) is 8.48. The summed E-state index contributed by atoms with van der Waals surface area (Å²) in [4.78, 5) is 2.49. The number of hydrogen-bond donors (Lipinski definition) is 0. The number of rotatable bonds is 0. The van der Waals surface area contributed by atoms with E-state index in [4.69, 9.17) is 4.74 Å². The van der Waals surface area contributed by atoms with E-state index >= 15 is 0 Å². The van der Waals surface area contributed by atoms with Gasteiger partial charge in [-0.25, -0.2) is 0 Å². The van der Waals surface area contributed by atoms with Gasteiger partial charge in [0.2, 0.25) is 0 Å². The molecule has 0 radical (unpaired) electrons. The van der Waals surface area contributed by atoms with Gasteiger partial charge in [-0.15, -0.1) is 0 Å². The van der Waals surface area contributed by atoms with Crippen molar-refractivity contribution >= 4 is 0 Å². The quantitative estimate of drug-likeness (QED) is 0.664. The largest absolute Gasteiger partial charge is 0.374 e. The molecule has 2 unspecified atom stereocenters. The number of likely N-dealkylation sites (tertiary alicyclic amines) is 1. The van der Waals surface area contributed by atoms with Gasteiger partial charge in [-0.3, -0.25) is 0 Å². The van der Waals surface area contributed by atoms with Crippen molar-refractivity contribution in [3.05, 3.63) is 0 Å². The predicted molar refractivity (Wildman–Crippen MR) is 75.0 cm³/mol. The van der Waals surface area contributed by atoms with Crippen molar-refractivity contribution in [2.45, 2.75) is 57.0 Å². The van der Waals surface area contributed by atoms with Crippen LogP contribution in [0.25, 0.3) is 0 Å². The summed E-state index contributed by atoms with van der Waals surface area (Å²) >= 11 is 0. The molecule has 2 nitrogen and oxygen atoms in total. The number of hydrogen-bond acceptors (Lipinski definition) is 2. The van der Waals surface area contributed by atoms with E-state index in [2.05, 4.69) is 11.9 Å². The third-order valence-electron chi connectivity index (χ3n) is 7.65. The van der Waals surface area contributed by atoms with Crippen LogP contribution in [0.1, 0.15) is 51.4 Å². The fraction of sp³-hybridized carbons (Fsp3) is 1.00. The Morgan fingerprint density at radius 2 is 1.84 bits per heavy atom. The van der Waals surface area contributed by atoms with Gasteiger partial charge in [0.25, 0.3) is 0 Å². The normalized spacial score (nSPS) is 54.8. The van der Waals surface area contributed by atoms with Crippen LogP contribution in [0.4, 0.5) is 0 Å². The van der Waals surface area contributed by atoms with Gasteiger partial charge in [-0.05, 0) is 74.7 Å². The Labute approximate surface area is 116 Å². The number of piperidine rings is 1. The fourth-order valence-electron chi connectivity index (χ4n) is 7.36. The molecule has 0 N–H and O–H groups in total. The fourth-order valence-corrected chi connectivity index (χ4v) is 7.36. The molecule has 5 aliphatic carbocycles. The molecule has 19 heavy (non-hydrogen) atoms. The van der Waals surface area contributed by atoms with Gasteiger partial charge < -0.3 is 9.64 Å². The molecule has 2 atom stereocenters. The van der Waals surface area contributed by atoms with Crippen LogP contribution in [0.5, 0.6) is 0 Å². The highest BCUT2D eigenvalue weighted by Crippen LogP contribution is 2.77. The third kappa shape index (κ3) is 1.31. The molecule has 5 saturated carbocycles. The van der Waals surface area contributed by atoms with E-state index in [1.54, 1.807) is 12.8 Å². The lowest BCUT2D eigenvalue weighted by Crippen LogP contribution is -2.65. The Balaban J connectivity index is 1.51. The maximum absolute atomic E-state index is 6.55. The molecule has 1 spiro atoms. The number of fused-ring (bicyclic) bond motifs is 2. The maximum atomic E-state index is 6.55. The summed E-state index contributed by atoms with van der Waals surface area (Å²) in [6, 6.07) is 0. The van der Waals surface area contributed by atoms with E-state index in [-0.39, 0.29) is 0 Å². The molecule has 2 saturated heterocycles. The van der Waals surface area contributed by atoms with Crippen LogP contribution in [0, 0.1) is 22.7 Å². The molecule has 7 fully saturated rings. The lowest BCUT2D eigenvalue weighted by atomic mass is 9.33. The molecule has 2 heteroatoms. The van der Waals surface area contributed by atoms with Gasteiger partial charge in [0, 0.05) is 13.1 Å². The molecule has 0 aromatic heterocycles. The Kier molecular flexibility index (Phi) is 2.06. The lowest BCUT2D eigenvalue weighted by Gasteiger charge is -2.71. The first kappa shape index (κ1) is 11.6. The molecule has 0 aromatic carbocycles. The molecule has 0 aromatic rings. The monoisotopic (exact) mass is 261 g/mol. The second-order valence-corrected chi connectivity index (χ2v) is 8.69. The Morgan fingerprint density at radius 3 is 2.63 bits per heavy atom. The van der Waals surface area contributed by atoms with Crippen molar-refractivity contribution in [3.8, 4) is 0 Å². The minimum absolute atomic E-state index is 0.293. The molecule has 2 aliphatic heterocycles.